The average molecular weight is 396 g/mol. The van der Waals surface area contributed by atoms with E-state index in [2.05, 4.69) is 9.97 Å². The van der Waals surface area contributed by atoms with Crippen LogP contribution in [-0.2, 0) is 14.8 Å². The summed E-state index contributed by atoms with van der Waals surface area (Å²) < 4.78 is 27.0. The first-order valence-corrected chi connectivity index (χ1v) is 11.1. The van der Waals surface area contributed by atoms with E-state index in [1.165, 1.54) is 0 Å². The van der Waals surface area contributed by atoms with Gasteiger partial charge in [0, 0.05) is 58.6 Å². The lowest BCUT2D eigenvalue weighted by Gasteiger charge is -2.34. The number of carbonyl (C=O) groups excluding carboxylic acids is 1. The van der Waals surface area contributed by atoms with Crippen LogP contribution in [0, 0.1) is 11.3 Å². The molecule has 0 radical (unpaired) electrons. The van der Waals surface area contributed by atoms with Gasteiger partial charge in [0.2, 0.25) is 21.9 Å². The fraction of sp³-hybridized carbons (Fsp3) is 0.722. The lowest BCUT2D eigenvalue weighted by Crippen LogP contribution is -2.47. The fourth-order valence-electron chi connectivity index (χ4n) is 4.44. The molecule has 2 aliphatic rings. The van der Waals surface area contributed by atoms with Crippen molar-refractivity contribution in [3.05, 3.63) is 18.5 Å². The minimum atomic E-state index is -3.29. The second kappa shape index (κ2) is 7.71. The SMILES string of the molecule is CCCS(=O)(=O)N1CCC[C@@]2(C(=O)N(C)C)CN(c3ncccn3)C[C@H]2C1. The quantitative estimate of drug-likeness (QED) is 0.734. The normalized spacial score (nSPS) is 26.5. The van der Waals surface area contributed by atoms with E-state index in [0.29, 0.717) is 51.4 Å². The highest BCUT2D eigenvalue weighted by molar-refractivity contribution is 7.89. The van der Waals surface area contributed by atoms with Crippen molar-refractivity contribution < 1.29 is 13.2 Å². The Morgan fingerprint density at radius 3 is 2.63 bits per heavy atom. The van der Waals surface area contributed by atoms with Crippen LogP contribution in [0.3, 0.4) is 0 Å². The molecule has 0 N–H and O–H groups in total. The highest BCUT2D eigenvalue weighted by Gasteiger charge is 2.54. The minimum Gasteiger partial charge on any atom is -0.348 e. The molecular formula is C18H29N5O3S. The van der Waals surface area contributed by atoms with Crippen molar-refractivity contribution in [3.8, 4) is 0 Å². The number of amides is 1. The van der Waals surface area contributed by atoms with Crippen LogP contribution in [0.1, 0.15) is 26.2 Å². The summed E-state index contributed by atoms with van der Waals surface area (Å²) in [5, 5.41) is 0. The molecule has 3 heterocycles. The number of hydrogen-bond donors (Lipinski definition) is 0. The van der Waals surface area contributed by atoms with Crippen molar-refractivity contribution in [1.82, 2.24) is 19.2 Å². The number of anilines is 1. The molecule has 0 unspecified atom stereocenters. The van der Waals surface area contributed by atoms with E-state index in [0.717, 1.165) is 0 Å². The monoisotopic (exact) mass is 395 g/mol. The molecule has 27 heavy (non-hydrogen) atoms. The molecule has 0 saturated carbocycles. The van der Waals surface area contributed by atoms with Gasteiger partial charge in [-0.2, -0.15) is 0 Å². The third kappa shape index (κ3) is 3.80. The molecule has 2 aliphatic heterocycles. The summed E-state index contributed by atoms with van der Waals surface area (Å²) in [6.07, 6.45) is 5.33. The van der Waals surface area contributed by atoms with E-state index in [9.17, 15) is 13.2 Å². The number of carbonyl (C=O) groups is 1. The van der Waals surface area contributed by atoms with Crippen molar-refractivity contribution in [2.24, 2.45) is 11.3 Å². The Kier molecular flexibility index (Phi) is 5.71. The van der Waals surface area contributed by atoms with Crippen LogP contribution in [0.25, 0.3) is 0 Å². The van der Waals surface area contributed by atoms with Crippen LogP contribution in [-0.4, -0.2) is 79.5 Å². The molecule has 3 rings (SSSR count). The van der Waals surface area contributed by atoms with Crippen LogP contribution < -0.4 is 4.90 Å². The van der Waals surface area contributed by atoms with Crippen molar-refractivity contribution in [2.75, 3.05) is 50.9 Å². The predicted molar refractivity (Wildman–Crippen MR) is 104 cm³/mol. The van der Waals surface area contributed by atoms with Gasteiger partial charge in [0.15, 0.2) is 0 Å². The molecule has 9 heteroatoms. The molecule has 2 fully saturated rings. The maximum absolute atomic E-state index is 13.2. The number of rotatable bonds is 5. The summed E-state index contributed by atoms with van der Waals surface area (Å²) in [6, 6.07) is 1.76. The first kappa shape index (κ1) is 20.0. The van der Waals surface area contributed by atoms with Crippen molar-refractivity contribution in [1.29, 1.82) is 0 Å². The van der Waals surface area contributed by atoms with Gasteiger partial charge in [-0.05, 0) is 25.3 Å². The second-order valence-corrected chi connectivity index (χ2v) is 9.85. The summed E-state index contributed by atoms with van der Waals surface area (Å²) in [7, 11) is 0.249. The first-order chi connectivity index (χ1) is 12.8. The Bertz CT molecular complexity index is 770. The third-order valence-electron chi connectivity index (χ3n) is 5.67. The van der Waals surface area contributed by atoms with E-state index >= 15 is 0 Å². The van der Waals surface area contributed by atoms with Gasteiger partial charge in [-0.15, -0.1) is 0 Å². The van der Waals surface area contributed by atoms with Crippen molar-refractivity contribution in [2.45, 2.75) is 26.2 Å². The van der Waals surface area contributed by atoms with E-state index in [1.807, 2.05) is 11.8 Å². The number of fused-ring (bicyclic) bond motifs is 1. The number of aromatic nitrogens is 2. The summed E-state index contributed by atoms with van der Waals surface area (Å²) in [5.74, 6) is 0.741. The zero-order valence-corrected chi connectivity index (χ0v) is 17.2. The molecule has 2 saturated heterocycles. The molecule has 0 aromatic carbocycles. The molecule has 1 aromatic heterocycles. The largest absolute Gasteiger partial charge is 0.348 e. The van der Waals surface area contributed by atoms with Crippen LogP contribution in [0.15, 0.2) is 18.5 Å². The average Bonchev–Trinajstić information content (AvgIpc) is 2.90. The minimum absolute atomic E-state index is 0.0701. The molecule has 8 nitrogen and oxygen atoms in total. The Morgan fingerprint density at radius 1 is 1.30 bits per heavy atom. The van der Waals surface area contributed by atoms with Gasteiger partial charge < -0.3 is 9.80 Å². The number of nitrogens with zero attached hydrogens (tertiary/aromatic N) is 5. The van der Waals surface area contributed by atoms with Gasteiger partial charge in [-0.25, -0.2) is 22.7 Å². The van der Waals surface area contributed by atoms with Gasteiger partial charge in [-0.3, -0.25) is 4.79 Å². The van der Waals surface area contributed by atoms with Gasteiger partial charge >= 0.3 is 0 Å². The van der Waals surface area contributed by atoms with Gasteiger partial charge in [-0.1, -0.05) is 6.92 Å². The van der Waals surface area contributed by atoms with Gasteiger partial charge in [0.05, 0.1) is 11.2 Å². The zero-order valence-electron chi connectivity index (χ0n) is 16.3. The summed E-state index contributed by atoms with van der Waals surface area (Å²) >= 11 is 0. The molecule has 1 amide bonds. The van der Waals surface area contributed by atoms with Crippen LogP contribution >= 0.6 is 0 Å². The number of sulfonamides is 1. The Hall–Kier alpha value is -1.74. The predicted octanol–water partition coefficient (Wildman–Crippen LogP) is 0.823. The lowest BCUT2D eigenvalue weighted by molar-refractivity contribution is -0.141. The van der Waals surface area contributed by atoms with Crippen LogP contribution in [0.4, 0.5) is 5.95 Å². The summed E-state index contributed by atoms with van der Waals surface area (Å²) in [5.41, 5.74) is -0.598. The van der Waals surface area contributed by atoms with Crippen molar-refractivity contribution in [3.63, 3.8) is 0 Å². The number of hydrogen-bond acceptors (Lipinski definition) is 6. The standard InChI is InChI=1S/C18H29N5O3S/c1-4-11-27(25,26)23-10-5-7-18(16(24)21(2)3)14-22(12-15(18)13-23)17-19-8-6-9-20-17/h6,8-9,15H,4-5,7,10-14H2,1-3H3/t15-,18+/m0/s1. The Balaban J connectivity index is 1.94. The molecule has 2 atom stereocenters. The smallest absolute Gasteiger partial charge is 0.230 e. The summed E-state index contributed by atoms with van der Waals surface area (Å²) in [4.78, 5) is 25.5. The molecule has 1 aromatic rings. The van der Waals surface area contributed by atoms with E-state index in [-0.39, 0.29) is 17.6 Å². The highest BCUT2D eigenvalue weighted by atomic mass is 32.2. The molecule has 0 bridgehead atoms. The topological polar surface area (TPSA) is 86.7 Å². The molecular weight excluding hydrogens is 366 g/mol. The van der Waals surface area contributed by atoms with Gasteiger partial charge in [0.1, 0.15) is 0 Å². The van der Waals surface area contributed by atoms with Crippen LogP contribution in [0.2, 0.25) is 0 Å². The maximum atomic E-state index is 13.2. The first-order valence-electron chi connectivity index (χ1n) is 9.51. The van der Waals surface area contributed by atoms with E-state index in [4.69, 9.17) is 0 Å². The third-order valence-corrected chi connectivity index (χ3v) is 7.71. The van der Waals surface area contributed by atoms with Gasteiger partial charge in [0.25, 0.3) is 0 Å². The fourth-order valence-corrected chi connectivity index (χ4v) is 6.03. The molecule has 150 valence electrons. The Labute approximate surface area is 161 Å². The Morgan fingerprint density at radius 2 is 2.00 bits per heavy atom. The maximum Gasteiger partial charge on any atom is 0.230 e. The van der Waals surface area contributed by atoms with Crippen molar-refractivity contribution >= 4 is 21.9 Å². The second-order valence-electron chi connectivity index (χ2n) is 7.76. The van der Waals surface area contributed by atoms with E-state index < -0.39 is 15.4 Å². The summed E-state index contributed by atoms with van der Waals surface area (Å²) in [6.45, 7) is 3.86. The van der Waals surface area contributed by atoms with E-state index in [1.54, 1.807) is 41.8 Å². The molecule has 0 spiro atoms. The zero-order chi connectivity index (χ0) is 19.7. The molecule has 0 aliphatic carbocycles. The van der Waals surface area contributed by atoms with Crippen LogP contribution in [0.5, 0.6) is 0 Å². The lowest BCUT2D eigenvalue weighted by atomic mass is 9.74. The highest BCUT2D eigenvalue weighted by Crippen LogP contribution is 2.45.